The summed E-state index contributed by atoms with van der Waals surface area (Å²) in [5.41, 5.74) is 7.03. The van der Waals surface area contributed by atoms with Crippen molar-refractivity contribution in [3.05, 3.63) is 46.6 Å². The van der Waals surface area contributed by atoms with E-state index in [0.29, 0.717) is 0 Å². The van der Waals surface area contributed by atoms with Gasteiger partial charge in [0.25, 0.3) is 0 Å². The number of allylic oxidation sites excluding steroid dienone is 8. The van der Waals surface area contributed by atoms with Gasteiger partial charge < -0.3 is 0 Å². The SMILES string of the molecule is C1=C2CCC3=CCC=C4CCC(=CC1)C2C34. The van der Waals surface area contributed by atoms with Crippen LogP contribution in [0.25, 0.3) is 0 Å². The van der Waals surface area contributed by atoms with Crippen LogP contribution in [0.3, 0.4) is 0 Å². The van der Waals surface area contributed by atoms with Crippen LogP contribution in [-0.2, 0) is 0 Å². The molecule has 0 heterocycles. The van der Waals surface area contributed by atoms with E-state index < -0.39 is 0 Å². The van der Waals surface area contributed by atoms with Gasteiger partial charge in [-0.05, 0) is 38.5 Å². The van der Waals surface area contributed by atoms with Crippen molar-refractivity contribution in [3.8, 4) is 0 Å². The molecule has 82 valence electrons. The van der Waals surface area contributed by atoms with Crippen LogP contribution in [0.4, 0.5) is 0 Å². The summed E-state index contributed by atoms with van der Waals surface area (Å²) < 4.78 is 0. The minimum atomic E-state index is 0.786. The summed E-state index contributed by atoms with van der Waals surface area (Å²) >= 11 is 0. The van der Waals surface area contributed by atoms with Gasteiger partial charge in [-0.15, -0.1) is 0 Å². The molecule has 0 radical (unpaired) electrons. The molecule has 0 aromatic rings. The number of rotatable bonds is 0. The molecule has 16 heavy (non-hydrogen) atoms. The molecule has 4 aliphatic carbocycles. The molecule has 0 bridgehead atoms. The second-order valence-corrected chi connectivity index (χ2v) is 5.54. The Balaban J connectivity index is 1.85. The van der Waals surface area contributed by atoms with Crippen LogP contribution in [0.5, 0.6) is 0 Å². The van der Waals surface area contributed by atoms with E-state index in [9.17, 15) is 0 Å². The minimum absolute atomic E-state index is 0.786. The Hall–Kier alpha value is -1.04. The Labute approximate surface area is 97.4 Å². The van der Waals surface area contributed by atoms with Gasteiger partial charge in [0, 0.05) is 11.8 Å². The highest BCUT2D eigenvalue weighted by Gasteiger charge is 2.40. The third-order valence-corrected chi connectivity index (χ3v) is 4.86. The first-order chi connectivity index (χ1) is 7.93. The molecule has 0 nitrogen and oxygen atoms in total. The third-order valence-electron chi connectivity index (χ3n) is 4.86. The fourth-order valence-corrected chi connectivity index (χ4v) is 4.17. The van der Waals surface area contributed by atoms with Gasteiger partial charge in [0.2, 0.25) is 0 Å². The summed E-state index contributed by atoms with van der Waals surface area (Å²) in [7, 11) is 0. The monoisotopic (exact) mass is 210 g/mol. The summed E-state index contributed by atoms with van der Waals surface area (Å²) in [5, 5.41) is 0. The fraction of sp³-hybridized carbons (Fsp3) is 0.500. The summed E-state index contributed by atoms with van der Waals surface area (Å²) in [5.74, 6) is 1.57. The molecule has 4 aliphatic rings. The van der Waals surface area contributed by atoms with E-state index in [4.69, 9.17) is 0 Å². The zero-order chi connectivity index (χ0) is 10.5. The molecular formula is C16H18. The Kier molecular flexibility index (Phi) is 1.82. The average Bonchev–Trinajstić information content (AvgIpc) is 2.36. The summed E-state index contributed by atoms with van der Waals surface area (Å²) in [6.45, 7) is 0. The van der Waals surface area contributed by atoms with Crippen LogP contribution < -0.4 is 0 Å². The van der Waals surface area contributed by atoms with Gasteiger partial charge in [0.1, 0.15) is 0 Å². The lowest BCUT2D eigenvalue weighted by Gasteiger charge is -2.45. The second kappa shape index (κ2) is 3.23. The van der Waals surface area contributed by atoms with Crippen molar-refractivity contribution in [2.45, 2.75) is 38.5 Å². The van der Waals surface area contributed by atoms with Crippen molar-refractivity contribution >= 4 is 0 Å². The van der Waals surface area contributed by atoms with E-state index in [0.717, 1.165) is 11.8 Å². The quantitative estimate of drug-likeness (QED) is 0.522. The van der Waals surface area contributed by atoms with Crippen LogP contribution in [0.15, 0.2) is 46.6 Å². The second-order valence-electron chi connectivity index (χ2n) is 5.54. The first-order valence-corrected chi connectivity index (χ1v) is 6.69. The molecule has 0 spiro atoms. The van der Waals surface area contributed by atoms with E-state index >= 15 is 0 Å². The van der Waals surface area contributed by atoms with Crippen molar-refractivity contribution in [1.29, 1.82) is 0 Å². The van der Waals surface area contributed by atoms with E-state index in [2.05, 4.69) is 24.3 Å². The smallest absolute Gasteiger partial charge is 0.0110 e. The molecule has 0 saturated heterocycles. The van der Waals surface area contributed by atoms with E-state index in [1.807, 2.05) is 0 Å². The highest BCUT2D eigenvalue weighted by Crippen LogP contribution is 2.53. The van der Waals surface area contributed by atoms with Gasteiger partial charge in [-0.25, -0.2) is 0 Å². The third kappa shape index (κ3) is 1.10. The molecule has 0 atom stereocenters. The fourth-order valence-electron chi connectivity index (χ4n) is 4.17. The standard InChI is InChI=1S/C16H18/c1-3-11-7-9-13-5-2-6-14-10-8-12(4-1)15(11)16(13)14/h3-6,15-16H,1-2,7-10H2. The highest BCUT2D eigenvalue weighted by atomic mass is 14.4. The molecule has 0 heteroatoms. The zero-order valence-electron chi connectivity index (χ0n) is 9.71. The molecule has 2 saturated carbocycles. The predicted molar refractivity (Wildman–Crippen MR) is 67.0 cm³/mol. The summed E-state index contributed by atoms with van der Waals surface area (Å²) in [6.07, 6.45) is 17.7. The molecule has 0 aromatic carbocycles. The van der Waals surface area contributed by atoms with Crippen molar-refractivity contribution in [2.75, 3.05) is 0 Å². The van der Waals surface area contributed by atoms with Crippen molar-refractivity contribution in [1.82, 2.24) is 0 Å². The van der Waals surface area contributed by atoms with Crippen LogP contribution in [0, 0.1) is 11.8 Å². The first-order valence-electron chi connectivity index (χ1n) is 6.69. The maximum absolute atomic E-state index is 2.50. The van der Waals surface area contributed by atoms with Gasteiger partial charge in [0.15, 0.2) is 0 Å². The van der Waals surface area contributed by atoms with Crippen LogP contribution in [-0.4, -0.2) is 0 Å². The lowest BCUT2D eigenvalue weighted by molar-refractivity contribution is 0.411. The zero-order valence-corrected chi connectivity index (χ0v) is 9.71. The van der Waals surface area contributed by atoms with Crippen molar-refractivity contribution in [3.63, 3.8) is 0 Å². The first kappa shape index (κ1) is 9.04. The van der Waals surface area contributed by atoms with Crippen molar-refractivity contribution in [2.24, 2.45) is 11.8 Å². The molecular weight excluding hydrogens is 192 g/mol. The molecule has 0 amide bonds. The van der Waals surface area contributed by atoms with Gasteiger partial charge in [-0.2, -0.15) is 0 Å². The lowest BCUT2D eigenvalue weighted by Crippen LogP contribution is -2.33. The highest BCUT2D eigenvalue weighted by molar-refractivity contribution is 5.44. The average molecular weight is 210 g/mol. The van der Waals surface area contributed by atoms with Gasteiger partial charge in [-0.3, -0.25) is 0 Å². The normalized spacial score (nSPS) is 35.5. The van der Waals surface area contributed by atoms with Crippen LogP contribution >= 0.6 is 0 Å². The molecule has 0 N–H and O–H groups in total. The Morgan fingerprint density at radius 3 is 1.19 bits per heavy atom. The summed E-state index contributed by atoms with van der Waals surface area (Å²) in [6, 6.07) is 0. The van der Waals surface area contributed by atoms with Crippen molar-refractivity contribution < 1.29 is 0 Å². The Morgan fingerprint density at radius 2 is 0.875 bits per heavy atom. The summed E-state index contributed by atoms with van der Waals surface area (Å²) in [4.78, 5) is 0. The van der Waals surface area contributed by atoms with Gasteiger partial charge in [0.05, 0.1) is 0 Å². The topological polar surface area (TPSA) is 0 Å². The van der Waals surface area contributed by atoms with E-state index in [-0.39, 0.29) is 0 Å². The maximum atomic E-state index is 2.50. The molecule has 0 aromatic heterocycles. The molecule has 0 aliphatic heterocycles. The molecule has 2 fully saturated rings. The molecule has 4 rings (SSSR count). The Bertz CT molecular complexity index is 372. The lowest BCUT2D eigenvalue weighted by atomic mass is 9.59. The largest absolute Gasteiger partial charge is 0.0809 e. The predicted octanol–water partition coefficient (Wildman–Crippen LogP) is 4.32. The van der Waals surface area contributed by atoms with E-state index in [1.54, 1.807) is 22.3 Å². The van der Waals surface area contributed by atoms with Gasteiger partial charge in [-0.1, -0.05) is 46.6 Å². The maximum Gasteiger partial charge on any atom is 0.0110 e. The van der Waals surface area contributed by atoms with Crippen LogP contribution in [0.1, 0.15) is 38.5 Å². The number of hydrogen-bond donors (Lipinski definition) is 0. The molecule has 0 unspecified atom stereocenters. The Morgan fingerprint density at radius 1 is 0.562 bits per heavy atom. The number of hydrogen-bond acceptors (Lipinski definition) is 0. The van der Waals surface area contributed by atoms with Gasteiger partial charge >= 0.3 is 0 Å². The van der Waals surface area contributed by atoms with Crippen LogP contribution in [0.2, 0.25) is 0 Å². The minimum Gasteiger partial charge on any atom is -0.0809 e. The van der Waals surface area contributed by atoms with E-state index in [1.165, 1.54) is 38.5 Å².